The fourth-order valence-electron chi connectivity index (χ4n) is 3.44. The van der Waals surface area contributed by atoms with Crippen LogP contribution in [0.2, 0.25) is 0 Å². The van der Waals surface area contributed by atoms with Crippen LogP contribution < -0.4 is 10.6 Å². The van der Waals surface area contributed by atoms with Crippen LogP contribution in [0.25, 0.3) is 16.9 Å². The smallest absolute Gasteiger partial charge is 0.255 e. The number of pyridine rings is 1. The van der Waals surface area contributed by atoms with E-state index in [0.717, 1.165) is 5.56 Å². The Balaban J connectivity index is 1.62. The first-order chi connectivity index (χ1) is 15.1. The summed E-state index contributed by atoms with van der Waals surface area (Å²) in [5.74, 6) is 0.115. The van der Waals surface area contributed by atoms with Crippen LogP contribution in [-0.4, -0.2) is 55.0 Å². The minimum Gasteiger partial charge on any atom is -0.387 e. The Morgan fingerprint density at radius 3 is 2.69 bits per heavy atom. The van der Waals surface area contributed by atoms with Crippen LogP contribution in [0.3, 0.4) is 0 Å². The van der Waals surface area contributed by atoms with Gasteiger partial charge in [-0.3, -0.25) is 9.78 Å². The van der Waals surface area contributed by atoms with E-state index in [0.29, 0.717) is 28.5 Å². The quantitative estimate of drug-likeness (QED) is 0.496. The lowest BCUT2D eigenvalue weighted by Crippen LogP contribution is -2.42. The van der Waals surface area contributed by atoms with Gasteiger partial charge in [-0.15, -0.1) is 0 Å². The predicted molar refractivity (Wildman–Crippen MR) is 120 cm³/mol. The summed E-state index contributed by atoms with van der Waals surface area (Å²) >= 11 is 0. The molecule has 9 heteroatoms. The summed E-state index contributed by atoms with van der Waals surface area (Å²) in [7, 11) is 0. The Labute approximate surface area is 186 Å². The average Bonchev–Trinajstić information content (AvgIpc) is 3.49. The maximum absolute atomic E-state index is 14.1. The third-order valence-corrected chi connectivity index (χ3v) is 5.50. The molecule has 0 radical (unpaired) electrons. The molecule has 1 amide bonds. The van der Waals surface area contributed by atoms with Crippen LogP contribution in [0.4, 0.5) is 10.1 Å². The van der Waals surface area contributed by atoms with Gasteiger partial charge in [-0.25, -0.2) is 13.9 Å². The second-order valence-electron chi connectivity index (χ2n) is 9.23. The fourth-order valence-corrected chi connectivity index (χ4v) is 3.44. The molecule has 0 spiro atoms. The standard InChI is InChI=1S/C23H29FN6O2/c1-13(2)29-19-7-18(25-9-17(19)22(31)27-11-20(24)23(3,4)32)16-10-28-30-12-15(14-5-6-14)8-26-21(16)30/h7-10,12-14,20,32H,5-6,11H2,1-4H3,(H,25,29)(H,27,31). The van der Waals surface area contributed by atoms with Crippen LogP contribution in [0.1, 0.15) is 62.4 Å². The molecule has 0 aromatic carbocycles. The van der Waals surface area contributed by atoms with Crippen LogP contribution in [-0.2, 0) is 0 Å². The van der Waals surface area contributed by atoms with Gasteiger partial charge >= 0.3 is 0 Å². The molecule has 1 aliphatic rings. The molecule has 0 bridgehead atoms. The molecule has 0 saturated heterocycles. The number of fused-ring (bicyclic) bond motifs is 1. The van der Waals surface area contributed by atoms with Crippen molar-refractivity contribution in [2.45, 2.75) is 64.3 Å². The fraction of sp³-hybridized carbons (Fsp3) is 0.478. The zero-order chi connectivity index (χ0) is 23.0. The summed E-state index contributed by atoms with van der Waals surface area (Å²) < 4.78 is 15.8. The van der Waals surface area contributed by atoms with Gasteiger partial charge < -0.3 is 15.7 Å². The zero-order valence-electron chi connectivity index (χ0n) is 18.8. The van der Waals surface area contributed by atoms with Gasteiger partial charge in [0.1, 0.15) is 6.17 Å². The van der Waals surface area contributed by atoms with E-state index >= 15 is 0 Å². The number of amides is 1. The number of hydrogen-bond donors (Lipinski definition) is 3. The summed E-state index contributed by atoms with van der Waals surface area (Å²) in [5, 5.41) is 20.0. The highest BCUT2D eigenvalue weighted by atomic mass is 19.1. The van der Waals surface area contributed by atoms with Crippen LogP contribution in [0.15, 0.2) is 30.9 Å². The summed E-state index contributed by atoms with van der Waals surface area (Å²) in [4.78, 5) is 21.8. The molecule has 1 aliphatic carbocycles. The molecule has 3 heterocycles. The van der Waals surface area contributed by atoms with E-state index in [4.69, 9.17) is 0 Å². The highest BCUT2D eigenvalue weighted by Crippen LogP contribution is 2.39. The second-order valence-corrected chi connectivity index (χ2v) is 9.23. The normalized spacial score (nSPS) is 15.2. The van der Waals surface area contributed by atoms with Gasteiger partial charge in [0.2, 0.25) is 0 Å². The average molecular weight is 441 g/mol. The van der Waals surface area contributed by atoms with Crippen molar-refractivity contribution in [2.75, 3.05) is 11.9 Å². The molecule has 170 valence electrons. The number of alkyl halides is 1. The van der Waals surface area contributed by atoms with E-state index in [9.17, 15) is 14.3 Å². The summed E-state index contributed by atoms with van der Waals surface area (Å²) in [6.45, 7) is 6.36. The van der Waals surface area contributed by atoms with Gasteiger partial charge in [0.25, 0.3) is 5.91 Å². The van der Waals surface area contributed by atoms with Gasteiger partial charge in [-0.05, 0) is 58.1 Å². The van der Waals surface area contributed by atoms with Gasteiger partial charge in [0, 0.05) is 24.6 Å². The molecule has 3 N–H and O–H groups in total. The minimum absolute atomic E-state index is 0.0604. The first-order valence-electron chi connectivity index (χ1n) is 10.9. The number of anilines is 1. The number of carbonyl (C=O) groups is 1. The predicted octanol–water partition coefficient (Wildman–Crippen LogP) is 3.33. The van der Waals surface area contributed by atoms with E-state index in [-0.39, 0.29) is 12.6 Å². The van der Waals surface area contributed by atoms with Gasteiger partial charge in [0.05, 0.1) is 40.9 Å². The number of aliphatic hydroxyl groups is 1. The summed E-state index contributed by atoms with van der Waals surface area (Å²) in [6, 6.07) is 1.84. The minimum atomic E-state index is -1.59. The maximum atomic E-state index is 14.1. The van der Waals surface area contributed by atoms with Gasteiger partial charge in [-0.1, -0.05) is 0 Å². The molecule has 1 saturated carbocycles. The number of carbonyl (C=O) groups excluding carboxylic acids is 1. The van der Waals surface area contributed by atoms with Gasteiger partial charge in [-0.2, -0.15) is 5.10 Å². The molecule has 1 fully saturated rings. The van der Waals surface area contributed by atoms with Crippen molar-refractivity contribution in [2.24, 2.45) is 0 Å². The van der Waals surface area contributed by atoms with Crippen molar-refractivity contribution in [3.63, 3.8) is 0 Å². The first-order valence-corrected chi connectivity index (χ1v) is 10.9. The summed E-state index contributed by atoms with van der Waals surface area (Å²) in [5.41, 5.74) is 2.61. The molecule has 32 heavy (non-hydrogen) atoms. The SMILES string of the molecule is CC(C)Nc1cc(-c2cnn3cc(C4CC4)cnc23)ncc1C(=O)NCC(F)C(C)(C)O. The lowest BCUT2D eigenvalue weighted by atomic mass is 10.0. The molecule has 1 atom stereocenters. The number of hydrogen-bond acceptors (Lipinski definition) is 6. The molecule has 3 aromatic rings. The third kappa shape index (κ3) is 4.72. The highest BCUT2D eigenvalue weighted by Gasteiger charge is 2.28. The Morgan fingerprint density at radius 2 is 2.03 bits per heavy atom. The number of aromatic nitrogens is 4. The van der Waals surface area contributed by atoms with Crippen molar-refractivity contribution in [1.82, 2.24) is 24.9 Å². The molecule has 8 nitrogen and oxygen atoms in total. The Kier molecular flexibility index (Phi) is 5.85. The molecular formula is C23H29FN6O2. The Bertz CT molecular complexity index is 1130. The lowest BCUT2D eigenvalue weighted by Gasteiger charge is -2.23. The van der Waals surface area contributed by atoms with E-state index in [1.165, 1.54) is 38.4 Å². The number of nitrogens with zero attached hydrogens (tertiary/aromatic N) is 4. The number of nitrogens with one attached hydrogen (secondary N) is 2. The molecule has 3 aromatic heterocycles. The molecule has 1 unspecified atom stereocenters. The zero-order valence-corrected chi connectivity index (χ0v) is 18.8. The van der Waals surface area contributed by atoms with Crippen molar-refractivity contribution in [3.05, 3.63) is 42.0 Å². The second kappa shape index (κ2) is 8.46. The largest absolute Gasteiger partial charge is 0.387 e. The van der Waals surface area contributed by atoms with Crippen molar-refractivity contribution < 1.29 is 14.3 Å². The van der Waals surface area contributed by atoms with E-state index < -0.39 is 17.7 Å². The van der Waals surface area contributed by atoms with Crippen molar-refractivity contribution in [1.29, 1.82) is 0 Å². The highest BCUT2D eigenvalue weighted by molar-refractivity contribution is 6.00. The number of rotatable bonds is 8. The van der Waals surface area contributed by atoms with Crippen molar-refractivity contribution in [3.8, 4) is 11.3 Å². The summed E-state index contributed by atoms with van der Waals surface area (Å²) in [6.07, 6.45) is 7.88. The lowest BCUT2D eigenvalue weighted by molar-refractivity contribution is -0.00177. The Hall–Kier alpha value is -3.07. The van der Waals surface area contributed by atoms with E-state index in [1.54, 1.807) is 16.8 Å². The number of halogens is 1. The third-order valence-electron chi connectivity index (χ3n) is 5.50. The molecule has 0 aliphatic heterocycles. The Morgan fingerprint density at radius 1 is 1.28 bits per heavy atom. The van der Waals surface area contributed by atoms with Crippen LogP contribution >= 0.6 is 0 Å². The van der Waals surface area contributed by atoms with Gasteiger partial charge in [0.15, 0.2) is 5.65 Å². The first kappa shape index (κ1) is 22.1. The van der Waals surface area contributed by atoms with E-state index in [1.807, 2.05) is 26.2 Å². The van der Waals surface area contributed by atoms with E-state index in [2.05, 4.69) is 25.7 Å². The van der Waals surface area contributed by atoms with Crippen LogP contribution in [0.5, 0.6) is 0 Å². The van der Waals surface area contributed by atoms with Crippen LogP contribution in [0, 0.1) is 0 Å². The molecular weight excluding hydrogens is 411 g/mol. The monoisotopic (exact) mass is 440 g/mol. The molecule has 4 rings (SSSR count). The topological polar surface area (TPSA) is 104 Å². The maximum Gasteiger partial charge on any atom is 0.255 e. The van der Waals surface area contributed by atoms with Crippen molar-refractivity contribution >= 4 is 17.2 Å².